The molecular weight excluding hydrogens is 387 g/mol. The van der Waals surface area contributed by atoms with E-state index in [1.807, 2.05) is 11.3 Å². The fourth-order valence-electron chi connectivity index (χ4n) is 4.33. The normalized spacial score (nSPS) is 25.3. The van der Waals surface area contributed by atoms with Crippen LogP contribution in [0.4, 0.5) is 0 Å². The van der Waals surface area contributed by atoms with Gasteiger partial charge in [-0.3, -0.25) is 0 Å². The van der Waals surface area contributed by atoms with Crippen molar-refractivity contribution in [3.05, 3.63) is 35.2 Å². The third-order valence-electron chi connectivity index (χ3n) is 5.78. The van der Waals surface area contributed by atoms with Crippen molar-refractivity contribution in [2.75, 3.05) is 32.7 Å². The van der Waals surface area contributed by atoms with Gasteiger partial charge in [0.05, 0.1) is 6.10 Å². The molecule has 3 nitrogen and oxygen atoms in total. The molecule has 2 fully saturated rings. The summed E-state index contributed by atoms with van der Waals surface area (Å²) in [4.78, 5) is 4.19. The molecule has 1 aliphatic heterocycles. The molecule has 1 aromatic heterocycles. The quantitative estimate of drug-likeness (QED) is 0.779. The van der Waals surface area contributed by atoms with Gasteiger partial charge in [0.25, 0.3) is 0 Å². The number of benzene rings is 1. The van der Waals surface area contributed by atoms with Crippen LogP contribution in [0.2, 0.25) is 0 Å². The molecule has 1 saturated carbocycles. The highest BCUT2D eigenvalue weighted by Crippen LogP contribution is 2.41. The summed E-state index contributed by atoms with van der Waals surface area (Å²) in [5.74, 6) is 1.34. The summed E-state index contributed by atoms with van der Waals surface area (Å²) in [6.07, 6.45) is 4.24. The van der Waals surface area contributed by atoms with Crippen molar-refractivity contribution in [2.24, 2.45) is 5.92 Å². The average molecular weight is 417 g/mol. The fraction of sp³-hybridized carbons (Fsp3) is 0.600. The molecule has 1 atom stereocenters. The summed E-state index contributed by atoms with van der Waals surface area (Å²) in [6.45, 7) is 5.73. The Bertz CT molecular complexity index is 634. The Kier molecular flexibility index (Phi) is 8.65. The number of halogens is 2. The van der Waals surface area contributed by atoms with Gasteiger partial charge in [-0.1, -0.05) is 18.2 Å². The SMILES string of the molecule is Cl.Cl.OC1CCC(C(CN2CCNCC2)c2cc3ccccc3s2)CC1. The highest BCUT2D eigenvalue weighted by atomic mass is 35.5. The van der Waals surface area contributed by atoms with Crippen molar-refractivity contribution in [2.45, 2.75) is 37.7 Å². The number of nitrogens with zero attached hydrogens (tertiary/aromatic N) is 1. The van der Waals surface area contributed by atoms with Crippen LogP contribution in [0.15, 0.2) is 30.3 Å². The lowest BCUT2D eigenvalue weighted by atomic mass is 9.78. The van der Waals surface area contributed by atoms with E-state index in [4.69, 9.17) is 0 Å². The summed E-state index contributed by atoms with van der Waals surface area (Å²) in [5, 5.41) is 14.7. The number of aliphatic hydroxyl groups excluding tert-OH is 1. The summed E-state index contributed by atoms with van der Waals surface area (Å²) < 4.78 is 1.41. The lowest BCUT2D eigenvalue weighted by molar-refractivity contribution is 0.0937. The van der Waals surface area contributed by atoms with Crippen LogP contribution in [0.3, 0.4) is 0 Å². The third-order valence-corrected chi connectivity index (χ3v) is 7.03. The number of thiophene rings is 1. The average Bonchev–Trinajstić information content (AvgIpc) is 3.05. The number of hydrogen-bond acceptors (Lipinski definition) is 4. The van der Waals surface area contributed by atoms with Gasteiger partial charge in [-0.25, -0.2) is 0 Å². The largest absolute Gasteiger partial charge is 0.393 e. The lowest BCUT2D eigenvalue weighted by Crippen LogP contribution is -2.45. The Labute approximate surface area is 173 Å². The monoisotopic (exact) mass is 416 g/mol. The maximum absolute atomic E-state index is 9.90. The second-order valence-corrected chi connectivity index (χ2v) is 8.53. The van der Waals surface area contributed by atoms with E-state index >= 15 is 0 Å². The molecular formula is C20H30Cl2N2OS. The minimum Gasteiger partial charge on any atom is -0.393 e. The summed E-state index contributed by atoms with van der Waals surface area (Å²) in [6, 6.07) is 11.2. The van der Waals surface area contributed by atoms with Crippen molar-refractivity contribution >= 4 is 46.2 Å². The Morgan fingerprint density at radius 1 is 1.08 bits per heavy atom. The molecule has 26 heavy (non-hydrogen) atoms. The van der Waals surface area contributed by atoms with Crippen LogP contribution in [0, 0.1) is 5.92 Å². The molecule has 4 rings (SSSR count). The number of aliphatic hydroxyl groups is 1. The van der Waals surface area contributed by atoms with Crippen molar-refractivity contribution in [1.82, 2.24) is 10.2 Å². The topological polar surface area (TPSA) is 35.5 Å². The highest BCUT2D eigenvalue weighted by Gasteiger charge is 2.30. The van der Waals surface area contributed by atoms with Gasteiger partial charge < -0.3 is 15.3 Å². The minimum atomic E-state index is -0.0662. The van der Waals surface area contributed by atoms with E-state index in [0.29, 0.717) is 5.92 Å². The first-order chi connectivity index (χ1) is 11.8. The molecule has 6 heteroatoms. The molecule has 2 heterocycles. The summed E-state index contributed by atoms with van der Waals surface area (Å²) in [7, 11) is 0. The first-order valence-corrected chi connectivity index (χ1v) is 10.2. The fourth-order valence-corrected chi connectivity index (χ4v) is 5.58. The van der Waals surface area contributed by atoms with Gasteiger partial charge in [0.1, 0.15) is 0 Å². The Morgan fingerprint density at radius 3 is 2.46 bits per heavy atom. The van der Waals surface area contributed by atoms with Crippen LogP contribution < -0.4 is 5.32 Å². The zero-order valence-electron chi connectivity index (χ0n) is 15.1. The van der Waals surface area contributed by atoms with Gasteiger partial charge in [0.2, 0.25) is 0 Å². The lowest BCUT2D eigenvalue weighted by Gasteiger charge is -2.36. The van der Waals surface area contributed by atoms with E-state index < -0.39 is 0 Å². The van der Waals surface area contributed by atoms with Crippen molar-refractivity contribution in [3.63, 3.8) is 0 Å². The van der Waals surface area contributed by atoms with Gasteiger partial charge in [0, 0.05) is 48.2 Å². The zero-order chi connectivity index (χ0) is 16.4. The first kappa shape index (κ1) is 21.9. The Morgan fingerprint density at radius 2 is 1.77 bits per heavy atom. The van der Waals surface area contributed by atoms with E-state index in [0.717, 1.165) is 44.9 Å². The second kappa shape index (κ2) is 10.3. The first-order valence-electron chi connectivity index (χ1n) is 9.39. The maximum atomic E-state index is 9.90. The highest BCUT2D eigenvalue weighted by molar-refractivity contribution is 7.19. The van der Waals surface area contributed by atoms with E-state index in [9.17, 15) is 5.11 Å². The van der Waals surface area contributed by atoms with Crippen LogP contribution in [0.5, 0.6) is 0 Å². The molecule has 2 aromatic rings. The van der Waals surface area contributed by atoms with Crippen LogP contribution in [0.25, 0.3) is 10.1 Å². The van der Waals surface area contributed by atoms with E-state index in [1.54, 1.807) is 4.88 Å². The molecule has 1 aromatic carbocycles. The number of fused-ring (bicyclic) bond motifs is 1. The molecule has 2 aliphatic rings. The maximum Gasteiger partial charge on any atom is 0.0540 e. The summed E-state index contributed by atoms with van der Waals surface area (Å²) in [5.41, 5.74) is 0. The van der Waals surface area contributed by atoms with E-state index in [1.165, 1.54) is 29.5 Å². The molecule has 0 bridgehead atoms. The molecule has 1 unspecified atom stereocenters. The molecule has 1 saturated heterocycles. The van der Waals surface area contributed by atoms with Crippen molar-refractivity contribution in [3.8, 4) is 0 Å². The Hall–Kier alpha value is -0.360. The van der Waals surface area contributed by atoms with Gasteiger partial charge in [-0.05, 0) is 49.1 Å². The predicted octanol–water partition coefficient (Wildman–Crippen LogP) is 4.28. The number of rotatable bonds is 4. The van der Waals surface area contributed by atoms with Crippen LogP contribution in [-0.4, -0.2) is 48.8 Å². The van der Waals surface area contributed by atoms with Crippen molar-refractivity contribution in [1.29, 1.82) is 0 Å². The number of piperazine rings is 1. The molecule has 2 N–H and O–H groups in total. The predicted molar refractivity (Wildman–Crippen MR) is 116 cm³/mol. The van der Waals surface area contributed by atoms with Gasteiger partial charge in [-0.2, -0.15) is 0 Å². The molecule has 1 aliphatic carbocycles. The third kappa shape index (κ3) is 5.12. The minimum absolute atomic E-state index is 0. The molecule has 0 radical (unpaired) electrons. The molecule has 146 valence electrons. The zero-order valence-corrected chi connectivity index (χ0v) is 17.6. The van der Waals surface area contributed by atoms with E-state index in [-0.39, 0.29) is 30.9 Å². The molecule has 0 amide bonds. The number of hydrogen-bond donors (Lipinski definition) is 2. The molecule has 0 spiro atoms. The number of nitrogens with one attached hydrogen (secondary N) is 1. The van der Waals surface area contributed by atoms with Crippen LogP contribution in [-0.2, 0) is 0 Å². The standard InChI is InChI=1S/C20H28N2OS.2ClH/c23-17-7-5-15(6-8-17)18(14-22-11-9-21-10-12-22)20-13-16-3-1-2-4-19(16)24-20;;/h1-4,13,15,17-18,21,23H,5-12,14H2;2*1H. The van der Waals surface area contributed by atoms with E-state index in [2.05, 4.69) is 40.5 Å². The van der Waals surface area contributed by atoms with Gasteiger partial charge in [0.15, 0.2) is 0 Å². The van der Waals surface area contributed by atoms with Crippen LogP contribution in [0.1, 0.15) is 36.5 Å². The van der Waals surface area contributed by atoms with Gasteiger partial charge in [-0.15, -0.1) is 36.2 Å². The van der Waals surface area contributed by atoms with Crippen LogP contribution >= 0.6 is 36.2 Å². The second-order valence-electron chi connectivity index (χ2n) is 7.41. The summed E-state index contributed by atoms with van der Waals surface area (Å²) >= 11 is 1.98. The van der Waals surface area contributed by atoms with Gasteiger partial charge >= 0.3 is 0 Å². The smallest absolute Gasteiger partial charge is 0.0540 e. The Balaban J connectivity index is 0.00000121. The van der Waals surface area contributed by atoms with Crippen molar-refractivity contribution < 1.29 is 5.11 Å².